The number of amides is 1. The fraction of sp³-hybridized carbons (Fsp3) is 0.913. The molecule has 0 spiro atoms. The Kier molecular flexibility index (Phi) is 20.7. The van der Waals surface area contributed by atoms with Crippen LogP contribution >= 0.6 is 9.39 Å². The molecule has 1 amide bonds. The van der Waals surface area contributed by atoms with Gasteiger partial charge in [-0.1, -0.05) is 95.4 Å². The lowest BCUT2D eigenvalue weighted by molar-refractivity contribution is -0.132. The minimum Gasteiger partial charge on any atom is -0.290 e. The summed E-state index contributed by atoms with van der Waals surface area (Å²) < 4.78 is 1.76. The van der Waals surface area contributed by atoms with Gasteiger partial charge in [0.05, 0.1) is 6.54 Å². The topological polar surface area (TPSA) is 27.9 Å². The second-order valence-corrected chi connectivity index (χ2v) is 8.28. The van der Waals surface area contributed by atoms with Crippen molar-refractivity contribution in [3.05, 3.63) is 11.4 Å². The van der Waals surface area contributed by atoms with Gasteiger partial charge in [-0.05, 0) is 26.3 Å². The zero-order chi connectivity index (χ0) is 21.9. The van der Waals surface area contributed by atoms with Crippen LogP contribution in [0.2, 0.25) is 0 Å². The van der Waals surface area contributed by atoms with E-state index in [-0.39, 0.29) is 18.1 Å². The van der Waals surface area contributed by atoms with Crippen LogP contribution in [0.1, 0.15) is 106 Å². The maximum atomic E-state index is 11.8. The van der Waals surface area contributed by atoms with Gasteiger partial charge in [0.15, 0.2) is 0 Å². The summed E-state index contributed by atoms with van der Waals surface area (Å²) in [4.78, 5) is 17.0. The zero-order valence-electron chi connectivity index (χ0n) is 19.8. The predicted molar refractivity (Wildman–Crippen MR) is 127 cm³/mol. The molecule has 0 aromatic rings. The molecule has 0 aromatic heterocycles. The zero-order valence-corrected chi connectivity index (χ0v) is 21.0. The van der Waals surface area contributed by atoms with Crippen molar-refractivity contribution in [1.29, 1.82) is 0 Å². The van der Waals surface area contributed by atoms with Gasteiger partial charge in [-0.15, -0.1) is 0 Å². The Morgan fingerprint density at radius 1 is 1.11 bits per heavy atom. The summed E-state index contributed by atoms with van der Waals surface area (Å²) in [5, 5.41) is 0. The number of nitrogens with zero attached hydrogens (tertiary/aromatic N) is 3. The summed E-state index contributed by atoms with van der Waals surface area (Å²) >= 11 is 0. The molecule has 1 heterocycles. The van der Waals surface area contributed by atoms with Crippen molar-refractivity contribution in [3.63, 3.8) is 0 Å². The van der Waals surface area contributed by atoms with E-state index in [1.165, 1.54) is 51.4 Å². The van der Waals surface area contributed by atoms with E-state index in [4.69, 9.17) is 6.57 Å². The van der Waals surface area contributed by atoms with Gasteiger partial charge in [0, 0.05) is 12.5 Å². The van der Waals surface area contributed by atoms with Crippen LogP contribution in [0.5, 0.6) is 0 Å². The Morgan fingerprint density at radius 3 is 2.14 bits per heavy atom. The van der Waals surface area contributed by atoms with Crippen LogP contribution in [0.3, 0.4) is 0 Å². The fourth-order valence-corrected chi connectivity index (χ4v) is 3.92. The summed E-state index contributed by atoms with van der Waals surface area (Å²) in [7, 11) is 4.29. The maximum Gasteiger partial charge on any atom is 0.300 e. The van der Waals surface area contributed by atoms with Crippen LogP contribution in [0, 0.1) is 12.5 Å². The number of likely N-dealkylation sites (N-methyl/N-ethyl adjacent to an activating group) is 1. The number of hydrogen-bond donors (Lipinski definition) is 0. The lowest BCUT2D eigenvalue weighted by Crippen LogP contribution is -2.42. The highest BCUT2D eigenvalue weighted by molar-refractivity contribution is 7.13. The third kappa shape index (κ3) is 12.7. The second-order valence-electron chi connectivity index (χ2n) is 7.40. The fourth-order valence-electron chi connectivity index (χ4n) is 3.76. The molecular formula is C23H48N3OP. The van der Waals surface area contributed by atoms with Crippen molar-refractivity contribution in [2.24, 2.45) is 5.92 Å². The third-order valence-electron chi connectivity index (χ3n) is 5.15. The number of hydrogen-bond acceptors (Lipinski definition) is 2. The van der Waals surface area contributed by atoms with Crippen LogP contribution in [0.25, 0.3) is 4.85 Å². The van der Waals surface area contributed by atoms with E-state index in [0.29, 0.717) is 6.54 Å². The molecule has 2 rings (SSSR count). The molecule has 0 aromatic carbocycles. The lowest BCUT2D eigenvalue weighted by Gasteiger charge is -2.23. The maximum absolute atomic E-state index is 11.8. The van der Waals surface area contributed by atoms with E-state index in [1.807, 2.05) is 41.7 Å². The molecule has 2 fully saturated rings. The molecule has 0 bridgehead atoms. The van der Waals surface area contributed by atoms with Crippen molar-refractivity contribution in [2.75, 3.05) is 13.6 Å². The first kappa shape index (κ1) is 29.6. The molecule has 1 saturated carbocycles. The van der Waals surface area contributed by atoms with Crippen LogP contribution in [-0.2, 0) is 4.79 Å². The molecule has 1 aliphatic heterocycles. The van der Waals surface area contributed by atoms with Gasteiger partial charge in [-0.2, -0.15) is 0 Å². The predicted octanol–water partition coefficient (Wildman–Crippen LogP) is 6.77. The molecule has 4 nitrogen and oxygen atoms in total. The van der Waals surface area contributed by atoms with E-state index >= 15 is 0 Å². The molecule has 0 N–H and O–H groups in total. The van der Waals surface area contributed by atoms with Crippen LogP contribution in [-0.4, -0.2) is 41.3 Å². The summed E-state index contributed by atoms with van der Waals surface area (Å²) in [5.74, 6) is 1.15. The van der Waals surface area contributed by atoms with Gasteiger partial charge in [0.1, 0.15) is 0 Å². The number of carbonyl (C=O) groups excluding carboxylic acids is 1. The largest absolute Gasteiger partial charge is 0.300 e. The van der Waals surface area contributed by atoms with Gasteiger partial charge >= 0.3 is 6.17 Å². The summed E-state index contributed by atoms with van der Waals surface area (Å²) in [6.07, 6.45) is 13.5. The molecule has 5 heteroatoms. The summed E-state index contributed by atoms with van der Waals surface area (Å²) in [5.41, 5.74) is 0. The smallest absolute Gasteiger partial charge is 0.290 e. The number of rotatable bonds is 5. The molecule has 0 radical (unpaired) electrons. The highest BCUT2D eigenvalue weighted by atomic mass is 31.0. The summed E-state index contributed by atoms with van der Waals surface area (Å²) in [6.45, 7) is 19.7. The minimum atomic E-state index is -0.234. The van der Waals surface area contributed by atoms with Crippen molar-refractivity contribution in [1.82, 2.24) is 9.57 Å². The van der Waals surface area contributed by atoms with E-state index in [2.05, 4.69) is 21.2 Å². The van der Waals surface area contributed by atoms with Crippen LogP contribution < -0.4 is 0 Å². The second kappa shape index (κ2) is 19.7. The molecule has 3 atom stereocenters. The first-order chi connectivity index (χ1) is 13.5. The monoisotopic (exact) mass is 413 g/mol. The standard InChI is InChI=1S/C10H20.C9H16N3OP.2C2H6/c1-2-3-7-10-8-5-4-6-9-10;1-7-4-5-8(10-2)12(7)9(13)6-11(3)14;2*1-2/h10H,2-9H2,1H3;7-8H,4-6,14H2,1,3H3;2*1-2H3. The Labute approximate surface area is 178 Å². The van der Waals surface area contributed by atoms with Crippen LogP contribution in [0.4, 0.5) is 0 Å². The first-order valence-corrected chi connectivity index (χ1v) is 12.1. The number of likely N-dealkylation sites (tertiary alicyclic amines) is 1. The van der Waals surface area contributed by atoms with Crippen molar-refractivity contribution >= 4 is 15.3 Å². The average molecular weight is 414 g/mol. The SMILES string of the molecule is CC.CC.CCCCC1CCCCC1.[C-]#[N+]C1CCC(C)N1C(=O)CN(C)P. The van der Waals surface area contributed by atoms with Crippen LogP contribution in [0.15, 0.2) is 0 Å². The molecule has 166 valence electrons. The first-order valence-electron chi connectivity index (χ1n) is 11.6. The van der Waals surface area contributed by atoms with Gasteiger partial charge in [-0.25, -0.2) is 6.57 Å². The lowest BCUT2D eigenvalue weighted by atomic mass is 9.86. The van der Waals surface area contributed by atoms with Gasteiger partial charge in [0.2, 0.25) is 5.91 Å². The average Bonchev–Trinajstić information content (AvgIpc) is 3.11. The summed E-state index contributed by atoms with van der Waals surface area (Å²) in [6, 6.07) is 0.214. The van der Waals surface area contributed by atoms with E-state index in [0.717, 1.165) is 18.8 Å². The van der Waals surface area contributed by atoms with Crippen molar-refractivity contribution < 1.29 is 4.79 Å². The van der Waals surface area contributed by atoms with E-state index in [1.54, 1.807) is 9.57 Å². The Hall–Kier alpha value is -0.650. The van der Waals surface area contributed by atoms with E-state index < -0.39 is 0 Å². The highest BCUT2D eigenvalue weighted by Crippen LogP contribution is 2.27. The normalized spacial score (nSPS) is 21.4. The number of unbranched alkanes of at least 4 members (excludes halogenated alkanes) is 1. The van der Waals surface area contributed by atoms with E-state index in [9.17, 15) is 4.79 Å². The number of carbonyl (C=O) groups is 1. The van der Waals surface area contributed by atoms with Gasteiger partial charge in [0.25, 0.3) is 0 Å². The molecule has 2 aliphatic rings. The Morgan fingerprint density at radius 2 is 1.68 bits per heavy atom. The molecule has 28 heavy (non-hydrogen) atoms. The van der Waals surface area contributed by atoms with Crippen molar-refractivity contribution in [2.45, 2.75) is 118 Å². The Balaban J connectivity index is 0. The van der Waals surface area contributed by atoms with Gasteiger partial charge < -0.3 is 0 Å². The molecular weight excluding hydrogens is 365 g/mol. The third-order valence-corrected chi connectivity index (χ3v) is 5.33. The molecule has 1 saturated heterocycles. The highest BCUT2D eigenvalue weighted by Gasteiger charge is 2.38. The quantitative estimate of drug-likeness (QED) is 0.367. The molecule has 1 aliphatic carbocycles. The molecule has 3 unspecified atom stereocenters. The minimum absolute atomic E-state index is 0.0495. The van der Waals surface area contributed by atoms with Crippen molar-refractivity contribution in [3.8, 4) is 0 Å². The van der Waals surface area contributed by atoms with Gasteiger partial charge in [-0.3, -0.25) is 19.2 Å². The Bertz CT molecular complexity index is 403.